The average Bonchev–Trinajstić information content (AvgIpc) is 2.37. The highest BCUT2D eigenvalue weighted by Crippen LogP contribution is 2.23. The van der Waals surface area contributed by atoms with Crippen molar-refractivity contribution in [2.24, 2.45) is 5.84 Å². The van der Waals surface area contributed by atoms with Crippen molar-refractivity contribution in [1.29, 1.82) is 0 Å². The summed E-state index contributed by atoms with van der Waals surface area (Å²) in [5.41, 5.74) is 4.73. The van der Waals surface area contributed by atoms with Gasteiger partial charge in [-0.3, -0.25) is 11.3 Å². The van der Waals surface area contributed by atoms with E-state index in [9.17, 15) is 4.39 Å². The fourth-order valence-electron chi connectivity index (χ4n) is 1.91. The summed E-state index contributed by atoms with van der Waals surface area (Å²) in [4.78, 5) is 0. The lowest BCUT2D eigenvalue weighted by Gasteiger charge is -2.17. The van der Waals surface area contributed by atoms with Crippen LogP contribution < -0.4 is 11.3 Å². The molecule has 3 N–H and O–H groups in total. The third-order valence-electron chi connectivity index (χ3n) is 2.84. The Balaban J connectivity index is 2.22. The second kappa shape index (κ2) is 6.78. The van der Waals surface area contributed by atoms with Gasteiger partial charge in [0, 0.05) is 8.04 Å². The quantitative estimate of drug-likeness (QED) is 0.434. The van der Waals surface area contributed by atoms with E-state index >= 15 is 0 Å². The second-order valence-corrected chi connectivity index (χ2v) is 6.41. The third kappa shape index (κ3) is 4.24. The van der Waals surface area contributed by atoms with E-state index in [1.807, 2.05) is 18.2 Å². The minimum Gasteiger partial charge on any atom is -0.271 e. The average molecular weight is 435 g/mol. The van der Waals surface area contributed by atoms with E-state index in [4.69, 9.17) is 5.84 Å². The highest BCUT2D eigenvalue weighted by atomic mass is 127. The van der Waals surface area contributed by atoms with Crippen LogP contribution in [0.2, 0.25) is 0 Å². The predicted octanol–water partition coefficient (Wildman–Crippen LogP) is 3.94. The first-order valence-corrected chi connectivity index (χ1v) is 7.62. The molecule has 2 aromatic rings. The van der Waals surface area contributed by atoms with E-state index in [0.29, 0.717) is 10.9 Å². The molecule has 1 unspecified atom stereocenters. The minimum absolute atomic E-state index is 0.118. The lowest BCUT2D eigenvalue weighted by Crippen LogP contribution is -2.29. The summed E-state index contributed by atoms with van der Waals surface area (Å²) in [5.74, 6) is 5.32. The zero-order valence-corrected chi connectivity index (χ0v) is 13.8. The Morgan fingerprint density at radius 3 is 2.47 bits per heavy atom. The van der Waals surface area contributed by atoms with Crippen molar-refractivity contribution in [1.82, 2.24) is 5.43 Å². The van der Waals surface area contributed by atoms with Crippen LogP contribution in [0.5, 0.6) is 0 Å². The van der Waals surface area contributed by atoms with E-state index in [2.05, 4.69) is 56.1 Å². The van der Waals surface area contributed by atoms with Gasteiger partial charge in [-0.05, 0) is 70.5 Å². The molecule has 1 atom stereocenters. The van der Waals surface area contributed by atoms with E-state index in [-0.39, 0.29) is 11.9 Å². The Kier molecular flexibility index (Phi) is 5.32. The lowest BCUT2D eigenvalue weighted by molar-refractivity contribution is 0.544. The number of hydrazine groups is 1. The molecule has 0 aliphatic rings. The van der Waals surface area contributed by atoms with E-state index in [1.165, 1.54) is 15.7 Å². The van der Waals surface area contributed by atoms with Crippen LogP contribution in [-0.2, 0) is 6.42 Å². The molecule has 0 aliphatic heterocycles. The van der Waals surface area contributed by atoms with E-state index < -0.39 is 0 Å². The fourth-order valence-corrected chi connectivity index (χ4v) is 2.75. The van der Waals surface area contributed by atoms with Gasteiger partial charge in [-0.1, -0.05) is 28.1 Å². The third-order valence-corrected chi connectivity index (χ3v) is 4.02. The summed E-state index contributed by atoms with van der Waals surface area (Å²) >= 11 is 5.56. The van der Waals surface area contributed by atoms with Gasteiger partial charge in [0.25, 0.3) is 0 Å². The number of nitrogens with one attached hydrogen (secondary N) is 1. The van der Waals surface area contributed by atoms with Crippen molar-refractivity contribution in [2.45, 2.75) is 12.5 Å². The van der Waals surface area contributed by atoms with Crippen LogP contribution in [-0.4, -0.2) is 0 Å². The monoisotopic (exact) mass is 434 g/mol. The molecule has 0 aliphatic carbocycles. The van der Waals surface area contributed by atoms with Crippen LogP contribution >= 0.6 is 38.5 Å². The molecular weight excluding hydrogens is 422 g/mol. The van der Waals surface area contributed by atoms with Gasteiger partial charge in [-0.25, -0.2) is 4.39 Å². The lowest BCUT2D eigenvalue weighted by atomic mass is 9.99. The van der Waals surface area contributed by atoms with Crippen molar-refractivity contribution in [2.75, 3.05) is 0 Å². The Hall–Kier alpha value is -0.500. The maximum Gasteiger partial charge on any atom is 0.124 e. The highest BCUT2D eigenvalue weighted by molar-refractivity contribution is 14.1. The first kappa shape index (κ1) is 14.9. The van der Waals surface area contributed by atoms with Crippen LogP contribution in [0.1, 0.15) is 17.2 Å². The number of nitrogens with two attached hydrogens (primary N) is 1. The largest absolute Gasteiger partial charge is 0.271 e. The maximum atomic E-state index is 13.4. The van der Waals surface area contributed by atoms with Gasteiger partial charge < -0.3 is 0 Å². The molecule has 0 spiro atoms. The van der Waals surface area contributed by atoms with Gasteiger partial charge in [-0.2, -0.15) is 0 Å². The van der Waals surface area contributed by atoms with Gasteiger partial charge in [0.15, 0.2) is 0 Å². The summed E-state index contributed by atoms with van der Waals surface area (Å²) in [5, 5.41) is 0. The van der Waals surface area contributed by atoms with Gasteiger partial charge in [0.1, 0.15) is 5.82 Å². The fraction of sp³-hybridized carbons (Fsp3) is 0.143. The normalized spacial score (nSPS) is 12.4. The minimum atomic E-state index is -0.271. The summed E-state index contributed by atoms with van der Waals surface area (Å²) in [6.45, 7) is 0. The maximum absolute atomic E-state index is 13.4. The Morgan fingerprint density at radius 2 is 1.89 bits per heavy atom. The molecule has 0 amide bonds. The molecule has 2 rings (SSSR count). The number of benzene rings is 2. The van der Waals surface area contributed by atoms with Crippen molar-refractivity contribution >= 4 is 38.5 Å². The predicted molar refractivity (Wildman–Crippen MR) is 87.0 cm³/mol. The topological polar surface area (TPSA) is 38.0 Å². The number of rotatable bonds is 4. The summed E-state index contributed by atoms with van der Waals surface area (Å²) < 4.78 is 15.3. The van der Waals surface area contributed by atoms with E-state index in [1.54, 1.807) is 0 Å². The summed E-state index contributed by atoms with van der Waals surface area (Å²) in [6.07, 6.45) is 0.712. The van der Waals surface area contributed by atoms with Crippen LogP contribution in [0.25, 0.3) is 0 Å². The molecule has 2 aromatic carbocycles. The SMILES string of the molecule is NNC(Cc1ccc(I)cc1)c1cc(F)cc(Br)c1. The second-order valence-electron chi connectivity index (χ2n) is 4.25. The molecule has 0 radical (unpaired) electrons. The zero-order chi connectivity index (χ0) is 13.8. The zero-order valence-electron chi connectivity index (χ0n) is 10.0. The summed E-state index contributed by atoms with van der Waals surface area (Å²) in [6, 6.07) is 12.9. The number of hydrogen-bond donors (Lipinski definition) is 2. The summed E-state index contributed by atoms with van der Waals surface area (Å²) in [7, 11) is 0. The number of hydrogen-bond acceptors (Lipinski definition) is 2. The van der Waals surface area contributed by atoms with Crippen molar-refractivity contribution < 1.29 is 4.39 Å². The molecule has 100 valence electrons. The number of halogens is 3. The van der Waals surface area contributed by atoms with Crippen molar-refractivity contribution in [3.8, 4) is 0 Å². The molecule has 0 aromatic heterocycles. The van der Waals surface area contributed by atoms with Crippen LogP contribution in [0.3, 0.4) is 0 Å². The molecule has 0 saturated heterocycles. The molecule has 5 heteroatoms. The van der Waals surface area contributed by atoms with Gasteiger partial charge in [0.05, 0.1) is 6.04 Å². The molecule has 2 nitrogen and oxygen atoms in total. The Bertz CT molecular complexity index is 540. The standard InChI is InChI=1S/C14H13BrFIN2/c15-11-6-10(7-12(16)8-11)14(19-18)5-9-1-3-13(17)4-2-9/h1-4,6-8,14,19H,5,18H2. The first-order valence-electron chi connectivity index (χ1n) is 5.75. The Labute approximate surface area is 133 Å². The molecule has 0 bridgehead atoms. The van der Waals surface area contributed by atoms with Crippen LogP contribution in [0, 0.1) is 9.39 Å². The molecule has 0 fully saturated rings. The van der Waals surface area contributed by atoms with Crippen LogP contribution in [0.15, 0.2) is 46.9 Å². The molecular formula is C14H13BrFIN2. The Morgan fingerprint density at radius 1 is 1.21 bits per heavy atom. The molecule has 0 saturated carbocycles. The molecule has 19 heavy (non-hydrogen) atoms. The molecule has 0 heterocycles. The highest BCUT2D eigenvalue weighted by Gasteiger charge is 2.12. The van der Waals surface area contributed by atoms with Crippen LogP contribution in [0.4, 0.5) is 4.39 Å². The smallest absolute Gasteiger partial charge is 0.124 e. The van der Waals surface area contributed by atoms with E-state index in [0.717, 1.165) is 11.1 Å². The van der Waals surface area contributed by atoms with Gasteiger partial charge in [0.2, 0.25) is 0 Å². The van der Waals surface area contributed by atoms with Gasteiger partial charge >= 0.3 is 0 Å². The van der Waals surface area contributed by atoms with Crippen molar-refractivity contribution in [3.05, 3.63) is 67.5 Å². The first-order chi connectivity index (χ1) is 9.08. The van der Waals surface area contributed by atoms with Crippen molar-refractivity contribution in [3.63, 3.8) is 0 Å². The van der Waals surface area contributed by atoms with Gasteiger partial charge in [-0.15, -0.1) is 0 Å².